The van der Waals surface area contributed by atoms with Gasteiger partial charge in [-0.25, -0.2) is 14.6 Å². The lowest BCUT2D eigenvalue weighted by Crippen LogP contribution is -2.22. The molecule has 0 radical (unpaired) electrons. The van der Waals surface area contributed by atoms with E-state index in [0.717, 1.165) is 37.7 Å². The first kappa shape index (κ1) is 18.3. The molecule has 0 aliphatic heterocycles. The fourth-order valence-electron chi connectivity index (χ4n) is 3.11. The fraction of sp³-hybridized carbons (Fsp3) is 0.444. The Labute approximate surface area is 156 Å². The van der Waals surface area contributed by atoms with E-state index in [9.17, 15) is 4.79 Å². The van der Waals surface area contributed by atoms with Crippen molar-refractivity contribution in [3.63, 3.8) is 0 Å². The van der Waals surface area contributed by atoms with Crippen LogP contribution in [-0.4, -0.2) is 32.8 Å². The van der Waals surface area contributed by atoms with Gasteiger partial charge in [-0.05, 0) is 38.3 Å². The van der Waals surface area contributed by atoms with Gasteiger partial charge in [-0.3, -0.25) is 4.79 Å². The average Bonchev–Trinajstić information content (AvgIpc) is 3.16. The summed E-state index contributed by atoms with van der Waals surface area (Å²) in [6.07, 6.45) is 2.85. The summed E-state index contributed by atoms with van der Waals surface area (Å²) < 4.78 is 7.11. The molecular weight excluding hydrogens is 350 g/mol. The largest absolute Gasteiger partial charge is 0.479 e. The third-order valence-corrected chi connectivity index (χ3v) is 5.36. The van der Waals surface area contributed by atoms with Crippen molar-refractivity contribution in [1.29, 1.82) is 0 Å². The number of pyridine rings is 1. The molecular formula is C18H23N5O2S. The number of nitrogens with one attached hydrogen (secondary N) is 1. The molecule has 3 heterocycles. The van der Waals surface area contributed by atoms with Crippen LogP contribution in [0.25, 0.3) is 11.0 Å². The minimum absolute atomic E-state index is 0.0214. The van der Waals surface area contributed by atoms with Crippen molar-refractivity contribution in [2.45, 2.75) is 40.2 Å². The number of fused-ring (bicyclic) bond motifs is 1. The molecule has 0 atom stereocenters. The van der Waals surface area contributed by atoms with Crippen LogP contribution in [-0.2, 0) is 24.8 Å². The Balaban J connectivity index is 1.73. The van der Waals surface area contributed by atoms with E-state index in [1.807, 2.05) is 27.8 Å². The second-order valence-corrected chi connectivity index (χ2v) is 7.57. The molecule has 7 nitrogen and oxygen atoms in total. The summed E-state index contributed by atoms with van der Waals surface area (Å²) in [5.74, 6) is 0.590. The second kappa shape index (κ2) is 7.41. The lowest BCUT2D eigenvalue weighted by Gasteiger charge is -2.11. The molecule has 0 saturated heterocycles. The summed E-state index contributed by atoms with van der Waals surface area (Å²) in [4.78, 5) is 22.1. The van der Waals surface area contributed by atoms with E-state index in [-0.39, 0.29) is 5.91 Å². The van der Waals surface area contributed by atoms with Gasteiger partial charge in [-0.2, -0.15) is 0 Å². The minimum atomic E-state index is 0.0214. The van der Waals surface area contributed by atoms with E-state index in [1.165, 1.54) is 0 Å². The van der Waals surface area contributed by atoms with Crippen molar-refractivity contribution >= 4 is 28.3 Å². The molecule has 0 aliphatic carbocycles. The van der Waals surface area contributed by atoms with Crippen LogP contribution < -0.4 is 10.1 Å². The Morgan fingerprint density at radius 2 is 2.12 bits per heavy atom. The number of rotatable bonds is 6. The lowest BCUT2D eigenvalue weighted by molar-refractivity contribution is -0.121. The van der Waals surface area contributed by atoms with Crippen LogP contribution in [0.5, 0.6) is 5.88 Å². The first-order valence-electron chi connectivity index (χ1n) is 8.45. The first-order chi connectivity index (χ1) is 12.4. The zero-order chi connectivity index (χ0) is 18.8. The molecule has 3 aromatic heterocycles. The molecule has 8 heteroatoms. The zero-order valence-electron chi connectivity index (χ0n) is 15.7. The van der Waals surface area contributed by atoms with Crippen LogP contribution in [0, 0.1) is 20.8 Å². The lowest BCUT2D eigenvalue weighted by atomic mass is 10.00. The van der Waals surface area contributed by atoms with Crippen molar-refractivity contribution in [1.82, 2.24) is 25.1 Å². The van der Waals surface area contributed by atoms with Gasteiger partial charge in [-0.15, -0.1) is 16.4 Å². The van der Waals surface area contributed by atoms with Crippen molar-refractivity contribution in [3.8, 4) is 5.88 Å². The van der Waals surface area contributed by atoms with E-state index in [2.05, 4.69) is 20.4 Å². The average molecular weight is 373 g/mol. The van der Waals surface area contributed by atoms with Crippen LogP contribution in [0.2, 0.25) is 0 Å². The highest BCUT2D eigenvalue weighted by Crippen LogP contribution is 2.30. The van der Waals surface area contributed by atoms with Crippen molar-refractivity contribution < 1.29 is 9.53 Å². The molecule has 1 N–H and O–H groups in total. The van der Waals surface area contributed by atoms with E-state index < -0.39 is 0 Å². The van der Waals surface area contributed by atoms with Crippen LogP contribution in [0.4, 0.5) is 0 Å². The molecule has 138 valence electrons. The van der Waals surface area contributed by atoms with Crippen molar-refractivity contribution in [2.75, 3.05) is 7.11 Å². The highest BCUT2D eigenvalue weighted by molar-refractivity contribution is 7.11. The number of hydrogen-bond acceptors (Lipinski definition) is 6. The maximum atomic E-state index is 12.2. The Hall–Kier alpha value is -2.48. The van der Waals surface area contributed by atoms with Crippen LogP contribution in [0.15, 0.2) is 6.20 Å². The number of amides is 1. The van der Waals surface area contributed by atoms with Gasteiger partial charge in [0, 0.05) is 30.2 Å². The number of ether oxygens (including phenoxy) is 1. The normalized spacial score (nSPS) is 11.1. The predicted octanol–water partition coefficient (Wildman–Crippen LogP) is 2.61. The van der Waals surface area contributed by atoms with Gasteiger partial charge >= 0.3 is 0 Å². The van der Waals surface area contributed by atoms with E-state index >= 15 is 0 Å². The summed E-state index contributed by atoms with van der Waals surface area (Å²) in [5, 5.41) is 9.23. The van der Waals surface area contributed by atoms with Crippen LogP contribution in [0.1, 0.15) is 33.1 Å². The Morgan fingerprint density at radius 1 is 1.35 bits per heavy atom. The molecule has 0 aromatic carbocycles. The summed E-state index contributed by atoms with van der Waals surface area (Å²) in [6.45, 7) is 6.49. The van der Waals surface area contributed by atoms with E-state index in [0.29, 0.717) is 25.3 Å². The van der Waals surface area contributed by atoms with Gasteiger partial charge in [0.25, 0.3) is 0 Å². The van der Waals surface area contributed by atoms with Crippen LogP contribution in [0.3, 0.4) is 0 Å². The number of hydrogen-bond donors (Lipinski definition) is 1. The summed E-state index contributed by atoms with van der Waals surface area (Å²) >= 11 is 1.60. The monoisotopic (exact) mass is 373 g/mol. The number of carbonyl (C=O) groups is 1. The van der Waals surface area contributed by atoms with E-state index in [1.54, 1.807) is 29.3 Å². The Morgan fingerprint density at radius 3 is 2.77 bits per heavy atom. The number of nitrogens with zero attached hydrogens (tertiary/aromatic N) is 4. The number of thiazole rings is 1. The second-order valence-electron chi connectivity index (χ2n) is 6.25. The summed E-state index contributed by atoms with van der Waals surface area (Å²) in [6, 6.07) is 0. The Kier molecular flexibility index (Phi) is 5.22. The highest BCUT2D eigenvalue weighted by atomic mass is 32.1. The van der Waals surface area contributed by atoms with Gasteiger partial charge in [0.1, 0.15) is 0 Å². The topological polar surface area (TPSA) is 81.9 Å². The number of methoxy groups -OCH3 is 1. The molecule has 26 heavy (non-hydrogen) atoms. The summed E-state index contributed by atoms with van der Waals surface area (Å²) in [7, 11) is 3.46. The molecule has 3 aromatic rings. The molecule has 0 fully saturated rings. The SMILES string of the molecule is COc1nn(C)c2nc(C)c(CCC(=O)NCc3cnc(C)s3)c(C)c12. The molecule has 0 saturated carbocycles. The number of aryl methyl sites for hydroxylation is 4. The van der Waals surface area contributed by atoms with Crippen LogP contribution >= 0.6 is 11.3 Å². The van der Waals surface area contributed by atoms with Gasteiger partial charge in [-0.1, -0.05) is 0 Å². The zero-order valence-corrected chi connectivity index (χ0v) is 16.5. The molecule has 0 aliphatic rings. The summed E-state index contributed by atoms with van der Waals surface area (Å²) in [5.41, 5.74) is 3.87. The van der Waals surface area contributed by atoms with Gasteiger partial charge in [0.15, 0.2) is 5.65 Å². The molecule has 0 spiro atoms. The molecule has 1 amide bonds. The van der Waals surface area contributed by atoms with Gasteiger partial charge < -0.3 is 10.1 Å². The van der Waals surface area contributed by atoms with Crippen molar-refractivity contribution in [2.24, 2.45) is 7.05 Å². The third kappa shape index (κ3) is 3.55. The quantitative estimate of drug-likeness (QED) is 0.718. The minimum Gasteiger partial charge on any atom is -0.479 e. The maximum Gasteiger partial charge on any atom is 0.242 e. The van der Waals surface area contributed by atoms with Gasteiger partial charge in [0.05, 0.1) is 24.0 Å². The standard InChI is InChI=1S/C18H23N5O2S/c1-10-14(6-7-15(24)20-9-13-8-19-12(3)26-13)11(2)21-17-16(10)18(25-5)22-23(17)4/h8H,6-7,9H2,1-5H3,(H,20,24). The molecule has 0 unspecified atom stereocenters. The fourth-order valence-corrected chi connectivity index (χ4v) is 3.84. The maximum absolute atomic E-state index is 12.2. The number of carbonyl (C=O) groups excluding carboxylic acids is 1. The van der Waals surface area contributed by atoms with Gasteiger partial charge in [0.2, 0.25) is 11.8 Å². The molecule has 0 bridgehead atoms. The van der Waals surface area contributed by atoms with E-state index in [4.69, 9.17) is 4.74 Å². The number of aromatic nitrogens is 4. The third-order valence-electron chi connectivity index (χ3n) is 4.45. The highest BCUT2D eigenvalue weighted by Gasteiger charge is 2.18. The Bertz CT molecular complexity index is 960. The predicted molar refractivity (Wildman–Crippen MR) is 102 cm³/mol. The first-order valence-corrected chi connectivity index (χ1v) is 9.27. The van der Waals surface area contributed by atoms with Crippen molar-refractivity contribution in [3.05, 3.63) is 32.9 Å². The smallest absolute Gasteiger partial charge is 0.242 e. The molecule has 3 rings (SSSR count).